The van der Waals surface area contributed by atoms with Crippen LogP contribution < -0.4 is 15.2 Å². The van der Waals surface area contributed by atoms with E-state index in [1.165, 1.54) is 6.07 Å². The smallest absolute Gasteiger partial charge is 0.348 e. The van der Waals surface area contributed by atoms with Gasteiger partial charge in [0.1, 0.15) is 11.0 Å². The first kappa shape index (κ1) is 26.9. The molecule has 2 N–H and O–H groups in total. The number of aromatic amines is 1. The minimum Gasteiger partial charge on any atom is -0.477 e. The number of thiophene rings is 1. The molecule has 2 saturated carbocycles. The van der Waals surface area contributed by atoms with Crippen molar-refractivity contribution in [3.8, 4) is 17.7 Å². The zero-order valence-electron chi connectivity index (χ0n) is 21.7. The largest absolute Gasteiger partial charge is 0.477 e. The number of H-pyrrole nitrogens is 1. The van der Waals surface area contributed by atoms with Gasteiger partial charge < -0.3 is 14.7 Å². The van der Waals surface area contributed by atoms with Gasteiger partial charge in [0.15, 0.2) is 0 Å². The SMILES string of the molecule is CC(C)C#Cc1cc(N(C(=O)C2CCC(C)CC2)C2CCC(Oc3ccc(=O)[nH]n3)CC2)c(C(=O)O)s1. The average Bonchev–Trinajstić information content (AvgIpc) is 3.30. The first-order chi connectivity index (χ1) is 17.7. The monoisotopic (exact) mass is 525 g/mol. The summed E-state index contributed by atoms with van der Waals surface area (Å²) in [5.74, 6) is 6.24. The van der Waals surface area contributed by atoms with E-state index in [1.807, 2.05) is 13.8 Å². The number of ether oxygens (including phenoxy) is 1. The summed E-state index contributed by atoms with van der Waals surface area (Å²) >= 11 is 1.14. The molecule has 9 heteroatoms. The molecule has 2 heterocycles. The van der Waals surface area contributed by atoms with Gasteiger partial charge in [-0.15, -0.1) is 16.4 Å². The molecule has 2 fully saturated rings. The van der Waals surface area contributed by atoms with Gasteiger partial charge in [0.2, 0.25) is 11.8 Å². The Bertz CT molecular complexity index is 1200. The third kappa shape index (κ3) is 6.80. The summed E-state index contributed by atoms with van der Waals surface area (Å²) in [6.07, 6.45) is 6.37. The zero-order valence-corrected chi connectivity index (χ0v) is 22.5. The van der Waals surface area contributed by atoms with Gasteiger partial charge in [0.05, 0.1) is 10.6 Å². The van der Waals surface area contributed by atoms with Gasteiger partial charge in [-0.05, 0) is 63.4 Å². The minimum atomic E-state index is -1.03. The van der Waals surface area contributed by atoms with Crippen molar-refractivity contribution < 1.29 is 19.4 Å². The Hall–Kier alpha value is -3.12. The standard InChI is InChI=1S/C28H35N3O5S/c1-17(2)4-13-22-16-23(26(37-22)28(34)35)31(27(33)19-7-5-18(3)6-8-19)20-9-11-21(12-10-20)36-25-15-14-24(32)29-30-25/h14-21H,5-12H2,1-3H3,(H,29,32)(H,34,35). The zero-order chi connectivity index (χ0) is 26.5. The molecule has 0 aromatic carbocycles. The lowest BCUT2D eigenvalue weighted by Crippen LogP contribution is -2.47. The number of carboxylic acids is 1. The lowest BCUT2D eigenvalue weighted by Gasteiger charge is -2.39. The van der Waals surface area contributed by atoms with Gasteiger partial charge in [-0.3, -0.25) is 9.59 Å². The number of anilines is 1. The molecular formula is C28H35N3O5S. The number of carbonyl (C=O) groups excluding carboxylic acids is 1. The molecule has 0 radical (unpaired) electrons. The molecule has 8 nitrogen and oxygen atoms in total. The topological polar surface area (TPSA) is 113 Å². The third-order valence-electron chi connectivity index (χ3n) is 7.20. The van der Waals surface area contributed by atoms with Gasteiger partial charge >= 0.3 is 5.97 Å². The number of aromatic carboxylic acids is 1. The van der Waals surface area contributed by atoms with Crippen molar-refractivity contribution in [1.29, 1.82) is 0 Å². The van der Waals surface area contributed by atoms with Crippen LogP contribution in [0.5, 0.6) is 5.88 Å². The summed E-state index contributed by atoms with van der Waals surface area (Å²) in [4.78, 5) is 40.1. The number of nitrogens with one attached hydrogen (secondary N) is 1. The second-order valence-corrected chi connectivity index (χ2v) is 11.6. The fourth-order valence-electron chi connectivity index (χ4n) is 5.18. The lowest BCUT2D eigenvalue weighted by atomic mass is 9.81. The molecule has 1 amide bonds. The normalized spacial score (nSPS) is 23.7. The van der Waals surface area contributed by atoms with Crippen LogP contribution in [0.3, 0.4) is 0 Å². The number of carboxylic acid groups (broad SMARTS) is 1. The van der Waals surface area contributed by atoms with E-state index in [2.05, 4.69) is 29.0 Å². The number of amides is 1. The molecule has 0 bridgehead atoms. The van der Waals surface area contributed by atoms with Crippen LogP contribution in [0.4, 0.5) is 5.69 Å². The number of carbonyl (C=O) groups is 2. The molecule has 198 valence electrons. The Morgan fingerprint density at radius 3 is 2.43 bits per heavy atom. The van der Waals surface area contributed by atoms with E-state index in [9.17, 15) is 19.5 Å². The molecule has 37 heavy (non-hydrogen) atoms. The highest BCUT2D eigenvalue weighted by Gasteiger charge is 2.37. The second-order valence-electron chi connectivity index (χ2n) is 10.5. The van der Waals surface area contributed by atoms with Gasteiger partial charge in [-0.25, -0.2) is 9.89 Å². The predicted octanol–water partition coefficient (Wildman–Crippen LogP) is 5.09. The van der Waals surface area contributed by atoms with Crippen LogP contribution in [0.1, 0.15) is 86.7 Å². The van der Waals surface area contributed by atoms with E-state index in [0.717, 1.165) is 37.0 Å². The first-order valence-electron chi connectivity index (χ1n) is 13.2. The number of aromatic nitrogens is 2. The maximum atomic E-state index is 14.0. The van der Waals surface area contributed by atoms with Crippen LogP contribution in [-0.2, 0) is 4.79 Å². The van der Waals surface area contributed by atoms with Crippen LogP contribution in [-0.4, -0.2) is 39.3 Å². The Balaban J connectivity index is 1.59. The van der Waals surface area contributed by atoms with E-state index in [0.29, 0.717) is 48.0 Å². The first-order valence-corrected chi connectivity index (χ1v) is 14.0. The molecule has 2 aliphatic rings. The van der Waals surface area contributed by atoms with Crippen molar-refractivity contribution in [2.45, 2.75) is 84.3 Å². The van der Waals surface area contributed by atoms with E-state index in [1.54, 1.807) is 17.0 Å². The third-order valence-corrected chi connectivity index (χ3v) is 8.23. The number of rotatable bonds is 6. The van der Waals surface area contributed by atoms with Crippen molar-refractivity contribution in [2.75, 3.05) is 4.90 Å². The van der Waals surface area contributed by atoms with E-state index in [-0.39, 0.29) is 40.3 Å². The van der Waals surface area contributed by atoms with Gasteiger partial charge in [-0.2, -0.15) is 0 Å². The molecular weight excluding hydrogens is 490 g/mol. The fraction of sp³-hybridized carbons (Fsp3) is 0.571. The van der Waals surface area contributed by atoms with E-state index >= 15 is 0 Å². The second kappa shape index (κ2) is 12.0. The van der Waals surface area contributed by atoms with Crippen molar-refractivity contribution in [2.24, 2.45) is 17.8 Å². The summed E-state index contributed by atoms with van der Waals surface area (Å²) < 4.78 is 5.96. The quantitative estimate of drug-likeness (QED) is 0.508. The van der Waals surface area contributed by atoms with Crippen molar-refractivity contribution in [3.05, 3.63) is 38.3 Å². The van der Waals surface area contributed by atoms with Gasteiger partial charge in [-0.1, -0.05) is 32.6 Å². The maximum Gasteiger partial charge on any atom is 0.348 e. The Morgan fingerprint density at radius 2 is 1.84 bits per heavy atom. The maximum absolute atomic E-state index is 14.0. The van der Waals surface area contributed by atoms with Crippen LogP contribution in [0.25, 0.3) is 0 Å². The molecule has 0 saturated heterocycles. The summed E-state index contributed by atoms with van der Waals surface area (Å²) in [5, 5.41) is 16.3. The number of nitrogens with zero attached hydrogens (tertiary/aromatic N) is 2. The van der Waals surface area contributed by atoms with E-state index < -0.39 is 5.97 Å². The minimum absolute atomic E-state index is 0.0299. The van der Waals surface area contributed by atoms with Crippen molar-refractivity contribution >= 4 is 28.9 Å². The van der Waals surface area contributed by atoms with Crippen LogP contribution >= 0.6 is 11.3 Å². The molecule has 4 rings (SSSR count). The average molecular weight is 526 g/mol. The highest BCUT2D eigenvalue weighted by molar-refractivity contribution is 7.15. The van der Waals surface area contributed by atoms with Crippen LogP contribution in [0, 0.1) is 29.6 Å². The molecule has 0 unspecified atom stereocenters. The Morgan fingerprint density at radius 1 is 1.14 bits per heavy atom. The molecule has 2 aliphatic carbocycles. The predicted molar refractivity (Wildman–Crippen MR) is 143 cm³/mol. The fourth-order valence-corrected chi connectivity index (χ4v) is 6.03. The van der Waals surface area contributed by atoms with Crippen molar-refractivity contribution in [3.63, 3.8) is 0 Å². The summed E-state index contributed by atoms with van der Waals surface area (Å²) in [5.41, 5.74) is 0.186. The van der Waals surface area contributed by atoms with E-state index in [4.69, 9.17) is 4.74 Å². The van der Waals surface area contributed by atoms with Gasteiger partial charge in [0.25, 0.3) is 5.56 Å². The van der Waals surface area contributed by atoms with Crippen LogP contribution in [0.15, 0.2) is 23.0 Å². The molecule has 0 spiro atoms. The molecule has 0 atom stereocenters. The molecule has 0 aliphatic heterocycles. The lowest BCUT2D eigenvalue weighted by molar-refractivity contribution is -0.124. The highest BCUT2D eigenvalue weighted by Crippen LogP contribution is 2.39. The summed E-state index contributed by atoms with van der Waals surface area (Å²) in [7, 11) is 0. The number of hydrogen-bond donors (Lipinski definition) is 2. The van der Waals surface area contributed by atoms with Crippen molar-refractivity contribution in [1.82, 2.24) is 10.2 Å². The highest BCUT2D eigenvalue weighted by atomic mass is 32.1. The Kier molecular flexibility index (Phi) is 8.70. The number of hydrogen-bond acceptors (Lipinski definition) is 6. The molecule has 2 aromatic heterocycles. The summed E-state index contributed by atoms with van der Waals surface area (Å²) in [6.45, 7) is 6.20. The van der Waals surface area contributed by atoms with Crippen LogP contribution in [0.2, 0.25) is 0 Å². The summed E-state index contributed by atoms with van der Waals surface area (Å²) in [6, 6.07) is 4.60. The van der Waals surface area contributed by atoms with Gasteiger partial charge in [0, 0.05) is 30.0 Å². The molecule has 2 aromatic rings. The Labute approximate surface area is 221 Å².